The molecule has 1 fully saturated rings. The summed E-state index contributed by atoms with van der Waals surface area (Å²) in [5.74, 6) is 1.66. The van der Waals surface area contributed by atoms with Crippen molar-refractivity contribution in [3.63, 3.8) is 0 Å². The van der Waals surface area contributed by atoms with Gasteiger partial charge in [-0.15, -0.1) is 10.2 Å². The van der Waals surface area contributed by atoms with Crippen molar-refractivity contribution in [2.75, 3.05) is 16.0 Å². The lowest BCUT2D eigenvalue weighted by atomic mass is 10.2. The van der Waals surface area contributed by atoms with Gasteiger partial charge >= 0.3 is 0 Å². The molecule has 2 aromatic heterocycles. The third kappa shape index (κ3) is 4.85. The summed E-state index contributed by atoms with van der Waals surface area (Å²) in [6.45, 7) is 3.87. The first-order chi connectivity index (χ1) is 14.5. The quantitative estimate of drug-likeness (QED) is 0.398. The van der Waals surface area contributed by atoms with E-state index in [0.717, 1.165) is 28.4 Å². The zero-order valence-corrected chi connectivity index (χ0v) is 18.3. The summed E-state index contributed by atoms with van der Waals surface area (Å²) < 4.78 is 0.756. The van der Waals surface area contributed by atoms with Gasteiger partial charge in [0.25, 0.3) is 0 Å². The molecule has 3 aromatic rings. The van der Waals surface area contributed by atoms with Crippen molar-refractivity contribution in [1.29, 1.82) is 0 Å². The topological polar surface area (TPSA) is 123 Å². The van der Waals surface area contributed by atoms with Crippen LogP contribution in [0.4, 0.5) is 22.7 Å². The van der Waals surface area contributed by atoms with Crippen LogP contribution in [-0.2, 0) is 10.5 Å². The highest BCUT2D eigenvalue weighted by molar-refractivity contribution is 8.00. The fraction of sp³-hybridized carbons (Fsp3) is 0.368. The molecule has 1 aliphatic carbocycles. The lowest BCUT2D eigenvalue weighted by molar-refractivity contribution is -0.118. The van der Waals surface area contributed by atoms with Gasteiger partial charge in [-0.05, 0) is 31.4 Å². The molecule has 4 rings (SSSR count). The van der Waals surface area contributed by atoms with Crippen molar-refractivity contribution in [2.24, 2.45) is 0 Å². The van der Waals surface area contributed by atoms with E-state index in [-0.39, 0.29) is 17.9 Å². The minimum Gasteiger partial charge on any atom is -0.368 e. The normalized spacial score (nSPS) is 13.3. The molecule has 0 spiro atoms. The van der Waals surface area contributed by atoms with E-state index in [9.17, 15) is 4.79 Å². The smallest absolute Gasteiger partial charge is 0.232 e. The molecule has 1 aromatic carbocycles. The van der Waals surface area contributed by atoms with E-state index in [1.165, 1.54) is 23.1 Å². The largest absolute Gasteiger partial charge is 0.368 e. The lowest BCUT2D eigenvalue weighted by Crippen LogP contribution is -2.32. The number of amides is 1. The van der Waals surface area contributed by atoms with E-state index in [1.54, 1.807) is 4.90 Å². The molecule has 0 saturated heterocycles. The Balaban J connectivity index is 1.44. The molecule has 0 unspecified atom stereocenters. The van der Waals surface area contributed by atoms with E-state index in [1.807, 2.05) is 38.1 Å². The molecule has 0 atom stereocenters. The summed E-state index contributed by atoms with van der Waals surface area (Å²) in [5.41, 5.74) is 7.86. The summed E-state index contributed by atoms with van der Waals surface area (Å²) in [6, 6.07) is 8.14. The number of hydrogen-bond donors (Lipinski definition) is 2. The molecule has 156 valence electrons. The number of nitrogens with zero attached hydrogens (tertiary/aromatic N) is 6. The number of nitrogens with two attached hydrogens (primary N) is 1. The standard InChI is InChI=1S/C19H22N8OS2/c1-3-15(28)27(12-8-9-12)18-25-26-19(30-18)29-10-14-22-16(20)24-17(23-14)21-13-7-5-4-6-11(13)2/h4-7,12H,3,8-10H2,1-2H3,(H3,20,21,22,23,24). The summed E-state index contributed by atoms with van der Waals surface area (Å²) in [5, 5.41) is 12.3. The molecule has 3 N–H and O–H groups in total. The maximum absolute atomic E-state index is 12.2. The molecular formula is C19H22N8OS2. The number of aryl methyl sites for hydroxylation is 1. The van der Waals surface area contributed by atoms with Crippen molar-refractivity contribution in [1.82, 2.24) is 25.1 Å². The van der Waals surface area contributed by atoms with E-state index in [4.69, 9.17) is 5.73 Å². The Labute approximate surface area is 182 Å². The van der Waals surface area contributed by atoms with Gasteiger partial charge in [0, 0.05) is 18.2 Å². The number of para-hydroxylation sites is 1. The molecular weight excluding hydrogens is 420 g/mol. The highest BCUT2D eigenvalue weighted by Crippen LogP contribution is 2.36. The van der Waals surface area contributed by atoms with Gasteiger partial charge in [-0.3, -0.25) is 9.69 Å². The number of carbonyl (C=O) groups is 1. The number of anilines is 4. The van der Waals surface area contributed by atoms with Crippen molar-refractivity contribution in [2.45, 2.75) is 49.2 Å². The Morgan fingerprint density at radius 1 is 1.27 bits per heavy atom. The fourth-order valence-electron chi connectivity index (χ4n) is 2.85. The fourth-order valence-corrected chi connectivity index (χ4v) is 4.63. The third-order valence-electron chi connectivity index (χ3n) is 4.50. The molecule has 0 aliphatic heterocycles. The average molecular weight is 443 g/mol. The van der Waals surface area contributed by atoms with Crippen LogP contribution >= 0.6 is 23.1 Å². The minimum absolute atomic E-state index is 0.0855. The molecule has 1 saturated carbocycles. The summed E-state index contributed by atoms with van der Waals surface area (Å²) in [4.78, 5) is 26.9. The van der Waals surface area contributed by atoms with Gasteiger partial charge in [0.2, 0.25) is 22.9 Å². The van der Waals surface area contributed by atoms with Crippen LogP contribution in [0.3, 0.4) is 0 Å². The number of hydrogen-bond acceptors (Lipinski definition) is 10. The molecule has 1 aliphatic rings. The molecule has 2 heterocycles. The number of carbonyl (C=O) groups excluding carboxylic acids is 1. The van der Waals surface area contributed by atoms with E-state index in [2.05, 4.69) is 30.5 Å². The van der Waals surface area contributed by atoms with Crippen LogP contribution < -0.4 is 16.0 Å². The van der Waals surface area contributed by atoms with Crippen LogP contribution in [-0.4, -0.2) is 37.1 Å². The van der Waals surface area contributed by atoms with Gasteiger partial charge < -0.3 is 11.1 Å². The second-order valence-corrected chi connectivity index (χ2v) is 9.04. The lowest BCUT2D eigenvalue weighted by Gasteiger charge is -2.17. The number of nitrogens with one attached hydrogen (secondary N) is 1. The zero-order chi connectivity index (χ0) is 21.1. The van der Waals surface area contributed by atoms with E-state index >= 15 is 0 Å². The van der Waals surface area contributed by atoms with Crippen molar-refractivity contribution in [3.8, 4) is 0 Å². The molecule has 0 bridgehead atoms. The SMILES string of the molecule is CCC(=O)N(c1nnc(SCc2nc(N)nc(Nc3ccccc3C)n2)s1)C1CC1. The second-order valence-electron chi connectivity index (χ2n) is 6.86. The van der Waals surface area contributed by atoms with Crippen LogP contribution in [0.25, 0.3) is 0 Å². The Hall–Kier alpha value is -2.79. The summed E-state index contributed by atoms with van der Waals surface area (Å²) in [7, 11) is 0. The molecule has 0 radical (unpaired) electrons. The predicted molar refractivity (Wildman–Crippen MR) is 119 cm³/mol. The van der Waals surface area contributed by atoms with Crippen LogP contribution in [0.15, 0.2) is 28.6 Å². The number of nitrogen functional groups attached to an aromatic ring is 1. The van der Waals surface area contributed by atoms with E-state index in [0.29, 0.717) is 29.1 Å². The average Bonchev–Trinajstić information content (AvgIpc) is 3.45. The second kappa shape index (κ2) is 8.92. The highest BCUT2D eigenvalue weighted by Gasteiger charge is 2.35. The van der Waals surface area contributed by atoms with Crippen LogP contribution in [0.1, 0.15) is 37.6 Å². The van der Waals surface area contributed by atoms with Crippen molar-refractivity contribution < 1.29 is 4.79 Å². The first kappa shape index (κ1) is 20.5. The third-order valence-corrected chi connectivity index (χ3v) is 6.55. The number of thioether (sulfide) groups is 1. The molecule has 11 heteroatoms. The monoisotopic (exact) mass is 442 g/mol. The van der Waals surface area contributed by atoms with Crippen LogP contribution in [0, 0.1) is 6.92 Å². The van der Waals surface area contributed by atoms with Gasteiger partial charge in [-0.1, -0.05) is 48.2 Å². The van der Waals surface area contributed by atoms with E-state index < -0.39 is 0 Å². The summed E-state index contributed by atoms with van der Waals surface area (Å²) in [6.07, 6.45) is 2.50. The van der Waals surface area contributed by atoms with Crippen LogP contribution in [0.5, 0.6) is 0 Å². The Bertz CT molecular complexity index is 1050. The van der Waals surface area contributed by atoms with Gasteiger partial charge in [0.05, 0.1) is 5.75 Å². The molecule has 30 heavy (non-hydrogen) atoms. The van der Waals surface area contributed by atoms with Gasteiger partial charge in [0.1, 0.15) is 5.82 Å². The Kier molecular flexibility index (Phi) is 6.09. The number of benzene rings is 1. The zero-order valence-electron chi connectivity index (χ0n) is 16.7. The van der Waals surface area contributed by atoms with Crippen LogP contribution in [0.2, 0.25) is 0 Å². The number of rotatable bonds is 8. The maximum atomic E-state index is 12.2. The Morgan fingerprint density at radius 3 is 2.80 bits per heavy atom. The Morgan fingerprint density at radius 2 is 2.07 bits per heavy atom. The van der Waals surface area contributed by atoms with Gasteiger partial charge in [0.15, 0.2) is 4.34 Å². The molecule has 9 nitrogen and oxygen atoms in total. The first-order valence-corrected chi connectivity index (χ1v) is 11.4. The highest BCUT2D eigenvalue weighted by atomic mass is 32.2. The van der Waals surface area contributed by atoms with Crippen molar-refractivity contribution >= 4 is 51.7 Å². The van der Waals surface area contributed by atoms with Gasteiger partial charge in [-0.2, -0.15) is 15.0 Å². The minimum atomic E-state index is 0.0855. The maximum Gasteiger partial charge on any atom is 0.232 e. The summed E-state index contributed by atoms with van der Waals surface area (Å²) >= 11 is 2.87. The number of aromatic nitrogens is 5. The first-order valence-electron chi connectivity index (χ1n) is 9.65. The van der Waals surface area contributed by atoms with Gasteiger partial charge in [-0.25, -0.2) is 0 Å². The predicted octanol–water partition coefficient (Wildman–Crippen LogP) is 3.56. The van der Waals surface area contributed by atoms with Crippen molar-refractivity contribution in [3.05, 3.63) is 35.7 Å². The molecule has 1 amide bonds.